The quantitative estimate of drug-likeness (QED) is 0.713. The topological polar surface area (TPSA) is 49.4 Å². The monoisotopic (exact) mass is 372 g/mol. The van der Waals surface area contributed by atoms with Gasteiger partial charge >= 0.3 is 0 Å². The molecule has 0 aliphatic heterocycles. The Morgan fingerprint density at radius 1 is 1.21 bits per heavy atom. The van der Waals surface area contributed by atoms with Crippen LogP contribution in [0.5, 0.6) is 0 Å². The second-order valence-corrected chi connectivity index (χ2v) is 7.12. The van der Waals surface area contributed by atoms with Crippen molar-refractivity contribution in [1.29, 1.82) is 0 Å². The predicted octanol–water partition coefficient (Wildman–Crippen LogP) is 3.94. The maximum atomic E-state index is 11.9. The lowest BCUT2D eigenvalue weighted by atomic mass is 10.1. The van der Waals surface area contributed by atoms with Crippen LogP contribution in [-0.4, -0.2) is 36.3 Å². The van der Waals surface area contributed by atoms with Crippen molar-refractivity contribution in [1.82, 2.24) is 10.2 Å². The number of amides is 2. The van der Waals surface area contributed by atoms with Gasteiger partial charge in [-0.05, 0) is 36.5 Å². The molecule has 0 saturated heterocycles. The molecule has 0 bridgehead atoms. The molecule has 4 nitrogen and oxygen atoms in total. The van der Waals surface area contributed by atoms with E-state index in [1.165, 1.54) is 0 Å². The number of hydrogen-bond donors (Lipinski definition) is 1. The Morgan fingerprint density at radius 2 is 1.92 bits per heavy atom. The second-order valence-electron chi connectivity index (χ2n) is 6.27. The summed E-state index contributed by atoms with van der Waals surface area (Å²) in [6.07, 6.45) is 1.90. The van der Waals surface area contributed by atoms with E-state index in [1.54, 1.807) is 24.0 Å². The highest BCUT2D eigenvalue weighted by Gasteiger charge is 2.11. The van der Waals surface area contributed by atoms with Crippen LogP contribution in [0.1, 0.15) is 39.2 Å². The molecule has 0 saturated carbocycles. The van der Waals surface area contributed by atoms with E-state index >= 15 is 0 Å². The molecule has 24 heavy (non-hydrogen) atoms. The van der Waals surface area contributed by atoms with Gasteiger partial charge in [-0.25, -0.2) is 0 Å². The van der Waals surface area contributed by atoms with Crippen molar-refractivity contribution in [3.63, 3.8) is 0 Å². The molecule has 1 aromatic rings. The fraction of sp³-hybridized carbons (Fsp3) is 0.556. The number of nitrogens with zero attached hydrogens (tertiary/aromatic N) is 1. The zero-order valence-corrected chi connectivity index (χ0v) is 16.1. The molecule has 1 N–H and O–H groups in total. The molecule has 0 aromatic heterocycles. The summed E-state index contributed by atoms with van der Waals surface area (Å²) in [6.45, 7) is 7.43. The van der Waals surface area contributed by atoms with E-state index in [1.807, 2.05) is 6.07 Å². The van der Waals surface area contributed by atoms with Crippen LogP contribution in [0.25, 0.3) is 0 Å². The lowest BCUT2D eigenvalue weighted by molar-refractivity contribution is -0.129. The first-order valence-electron chi connectivity index (χ1n) is 8.25. The number of carbonyl (C=O) groups excluding carboxylic acids is 2. The summed E-state index contributed by atoms with van der Waals surface area (Å²) >= 11 is 12.0. The summed E-state index contributed by atoms with van der Waals surface area (Å²) in [7, 11) is 0. The van der Waals surface area contributed by atoms with Gasteiger partial charge in [-0.15, -0.1) is 0 Å². The molecule has 2 amide bonds. The summed E-state index contributed by atoms with van der Waals surface area (Å²) in [5.74, 6) is 0.483. The van der Waals surface area contributed by atoms with Gasteiger partial charge in [0.2, 0.25) is 11.8 Å². The summed E-state index contributed by atoms with van der Waals surface area (Å²) in [6, 6.07) is 5.34. The molecule has 0 heterocycles. The van der Waals surface area contributed by atoms with Crippen LogP contribution >= 0.6 is 23.2 Å². The molecule has 6 heteroatoms. The van der Waals surface area contributed by atoms with E-state index in [9.17, 15) is 9.59 Å². The van der Waals surface area contributed by atoms with Crippen LogP contribution in [0, 0.1) is 5.92 Å². The number of halogens is 2. The summed E-state index contributed by atoms with van der Waals surface area (Å²) in [5, 5.41) is 4.06. The van der Waals surface area contributed by atoms with Gasteiger partial charge in [0.1, 0.15) is 0 Å². The third-order valence-electron chi connectivity index (χ3n) is 3.76. The van der Waals surface area contributed by atoms with Gasteiger partial charge in [-0.3, -0.25) is 9.59 Å². The van der Waals surface area contributed by atoms with E-state index in [0.29, 0.717) is 48.4 Å². The molecular weight excluding hydrogens is 347 g/mol. The fourth-order valence-corrected chi connectivity index (χ4v) is 2.73. The highest BCUT2D eigenvalue weighted by atomic mass is 35.5. The van der Waals surface area contributed by atoms with Crippen LogP contribution < -0.4 is 5.32 Å². The van der Waals surface area contributed by atoms with E-state index in [0.717, 1.165) is 12.0 Å². The first-order valence-corrected chi connectivity index (χ1v) is 9.01. The molecule has 0 atom stereocenters. The third-order valence-corrected chi connectivity index (χ3v) is 4.35. The Labute approximate surface area is 154 Å². The predicted molar refractivity (Wildman–Crippen MR) is 99.5 cm³/mol. The number of benzene rings is 1. The van der Waals surface area contributed by atoms with Crippen molar-refractivity contribution in [2.75, 3.05) is 19.6 Å². The first kappa shape index (κ1) is 20.8. The van der Waals surface area contributed by atoms with Crippen LogP contribution in [0.15, 0.2) is 18.2 Å². The Kier molecular flexibility index (Phi) is 9.16. The highest BCUT2D eigenvalue weighted by molar-refractivity contribution is 6.35. The standard InChI is InChI=1S/C18H26Cl2N2O2/c1-13(2)7-10-22(14(3)23)11-8-18(24)21-9-6-15-4-5-16(19)12-17(15)20/h4-5,12-13H,6-11H2,1-3H3,(H,21,24). The Morgan fingerprint density at radius 3 is 2.50 bits per heavy atom. The van der Waals surface area contributed by atoms with Gasteiger partial charge in [0, 0.05) is 43.0 Å². The van der Waals surface area contributed by atoms with Crippen LogP contribution in [-0.2, 0) is 16.0 Å². The number of rotatable bonds is 9. The number of nitrogens with one attached hydrogen (secondary N) is 1. The van der Waals surface area contributed by atoms with Crippen LogP contribution in [0.4, 0.5) is 0 Å². The Balaban J connectivity index is 2.33. The molecule has 0 unspecified atom stereocenters. The zero-order chi connectivity index (χ0) is 18.1. The molecule has 1 rings (SSSR count). The van der Waals surface area contributed by atoms with Gasteiger partial charge in [-0.1, -0.05) is 43.1 Å². The highest BCUT2D eigenvalue weighted by Crippen LogP contribution is 2.21. The fourth-order valence-electron chi connectivity index (χ4n) is 2.23. The molecule has 134 valence electrons. The number of carbonyl (C=O) groups is 2. The molecule has 0 aliphatic rings. The van der Waals surface area contributed by atoms with Gasteiger partial charge in [0.15, 0.2) is 0 Å². The minimum atomic E-state index is -0.0594. The smallest absolute Gasteiger partial charge is 0.221 e. The summed E-state index contributed by atoms with van der Waals surface area (Å²) in [5.41, 5.74) is 0.948. The average molecular weight is 373 g/mol. The molecule has 0 radical (unpaired) electrons. The van der Waals surface area contributed by atoms with Crippen molar-refractivity contribution in [2.24, 2.45) is 5.92 Å². The van der Waals surface area contributed by atoms with Crippen LogP contribution in [0.2, 0.25) is 10.0 Å². The number of hydrogen-bond acceptors (Lipinski definition) is 2. The van der Waals surface area contributed by atoms with E-state index in [2.05, 4.69) is 19.2 Å². The van der Waals surface area contributed by atoms with Gasteiger partial charge in [-0.2, -0.15) is 0 Å². The Hall–Kier alpha value is -1.26. The van der Waals surface area contributed by atoms with Crippen molar-refractivity contribution in [3.05, 3.63) is 33.8 Å². The maximum Gasteiger partial charge on any atom is 0.221 e. The van der Waals surface area contributed by atoms with Crippen LogP contribution in [0.3, 0.4) is 0 Å². The summed E-state index contributed by atoms with van der Waals surface area (Å²) in [4.78, 5) is 25.3. The molecular formula is C18H26Cl2N2O2. The second kappa shape index (κ2) is 10.6. The van der Waals surface area contributed by atoms with Gasteiger partial charge < -0.3 is 10.2 Å². The first-order chi connectivity index (χ1) is 11.3. The van der Waals surface area contributed by atoms with E-state index in [4.69, 9.17) is 23.2 Å². The molecule has 0 fully saturated rings. The largest absolute Gasteiger partial charge is 0.356 e. The van der Waals surface area contributed by atoms with E-state index in [-0.39, 0.29) is 11.8 Å². The van der Waals surface area contributed by atoms with E-state index < -0.39 is 0 Å². The Bertz CT molecular complexity index is 562. The van der Waals surface area contributed by atoms with Gasteiger partial charge in [0.25, 0.3) is 0 Å². The summed E-state index contributed by atoms with van der Waals surface area (Å²) < 4.78 is 0. The van der Waals surface area contributed by atoms with Gasteiger partial charge in [0.05, 0.1) is 0 Å². The van der Waals surface area contributed by atoms with Crippen molar-refractivity contribution in [3.8, 4) is 0 Å². The van der Waals surface area contributed by atoms with Crippen molar-refractivity contribution < 1.29 is 9.59 Å². The molecule has 1 aromatic carbocycles. The maximum absolute atomic E-state index is 11.9. The SMILES string of the molecule is CC(=O)N(CCC(=O)NCCc1ccc(Cl)cc1Cl)CCC(C)C. The minimum absolute atomic E-state index is 0.0106. The van der Waals surface area contributed by atoms with Crippen molar-refractivity contribution >= 4 is 35.0 Å². The normalized spacial score (nSPS) is 10.8. The lowest BCUT2D eigenvalue weighted by Gasteiger charge is -2.21. The lowest BCUT2D eigenvalue weighted by Crippen LogP contribution is -2.35. The minimum Gasteiger partial charge on any atom is -0.356 e. The van der Waals surface area contributed by atoms with Crippen molar-refractivity contribution in [2.45, 2.75) is 40.0 Å². The molecule has 0 spiro atoms. The molecule has 0 aliphatic carbocycles. The third kappa shape index (κ3) is 8.02. The zero-order valence-electron chi connectivity index (χ0n) is 14.6. The average Bonchev–Trinajstić information content (AvgIpc) is 2.48.